The molecule has 0 saturated carbocycles. The Kier molecular flexibility index (Phi) is 3.79. The number of aliphatic carboxylic acids is 1. The number of carboxylic acid groups (broad SMARTS) is 1. The van der Waals surface area contributed by atoms with Gasteiger partial charge < -0.3 is 21.4 Å². The van der Waals surface area contributed by atoms with Gasteiger partial charge in [0.2, 0.25) is 0 Å². The minimum absolute atomic E-state index is 0.372. The van der Waals surface area contributed by atoms with Gasteiger partial charge in [0.15, 0.2) is 0 Å². The third-order valence-electron chi connectivity index (χ3n) is 2.48. The summed E-state index contributed by atoms with van der Waals surface area (Å²) < 4.78 is 75.6. The molecule has 0 aliphatic rings. The van der Waals surface area contributed by atoms with Crippen LogP contribution in [0.15, 0.2) is 12.1 Å². The van der Waals surface area contributed by atoms with Crippen LogP contribution < -0.4 is 16.6 Å². The molecular weight excluding hydrogens is 294 g/mol. The Morgan fingerprint density at radius 2 is 1.60 bits per heavy atom. The molecule has 0 fully saturated rings. The Labute approximate surface area is 108 Å². The molecule has 1 atom stereocenters. The predicted octanol–water partition coefficient (Wildman–Crippen LogP) is 1.27. The number of nitrogen functional groups attached to an aromatic ring is 2. The SMILES string of the molecule is Nc1ccc(C(F)(F)F)c(N)c1C(C(=O)[O-])C(F)(F)F. The topological polar surface area (TPSA) is 92.2 Å². The fourth-order valence-electron chi connectivity index (χ4n) is 1.64. The molecule has 0 aromatic heterocycles. The summed E-state index contributed by atoms with van der Waals surface area (Å²) >= 11 is 0. The molecule has 0 amide bonds. The number of carboxylic acids is 1. The van der Waals surface area contributed by atoms with Crippen LogP contribution in [0.25, 0.3) is 0 Å². The van der Waals surface area contributed by atoms with Gasteiger partial charge in [0.1, 0.15) is 5.92 Å². The zero-order chi connectivity index (χ0) is 15.9. The number of alkyl halides is 6. The van der Waals surface area contributed by atoms with Crippen molar-refractivity contribution in [2.75, 3.05) is 11.5 Å². The van der Waals surface area contributed by atoms with Crippen LogP contribution in [0, 0.1) is 0 Å². The molecule has 1 unspecified atom stereocenters. The van der Waals surface area contributed by atoms with E-state index in [0.29, 0.717) is 12.1 Å². The molecule has 0 spiro atoms. The van der Waals surface area contributed by atoms with E-state index in [0.717, 1.165) is 0 Å². The van der Waals surface area contributed by atoms with E-state index >= 15 is 0 Å². The van der Waals surface area contributed by atoms with Gasteiger partial charge in [-0.3, -0.25) is 0 Å². The molecule has 20 heavy (non-hydrogen) atoms. The number of hydrogen-bond donors (Lipinski definition) is 2. The second-order valence-electron chi connectivity index (χ2n) is 3.82. The third kappa shape index (κ3) is 2.89. The lowest BCUT2D eigenvalue weighted by Crippen LogP contribution is -2.39. The van der Waals surface area contributed by atoms with Gasteiger partial charge in [-0.2, -0.15) is 26.3 Å². The minimum Gasteiger partial charge on any atom is -0.549 e. The summed E-state index contributed by atoms with van der Waals surface area (Å²) in [5.74, 6) is -5.99. The minimum atomic E-state index is -5.40. The van der Waals surface area contributed by atoms with Crippen LogP contribution in [0.2, 0.25) is 0 Å². The normalized spacial score (nSPS) is 14.1. The van der Waals surface area contributed by atoms with Crippen LogP contribution in [-0.2, 0) is 11.0 Å². The summed E-state index contributed by atoms with van der Waals surface area (Å²) in [4.78, 5) is 10.6. The molecule has 0 heterocycles. The van der Waals surface area contributed by atoms with E-state index in [4.69, 9.17) is 11.5 Å². The Hall–Kier alpha value is -2.13. The summed E-state index contributed by atoms with van der Waals surface area (Å²) in [6.07, 6.45) is -10.4. The van der Waals surface area contributed by atoms with Crippen molar-refractivity contribution < 1.29 is 36.2 Å². The van der Waals surface area contributed by atoms with Crippen LogP contribution in [0.5, 0.6) is 0 Å². The molecule has 10 heteroatoms. The summed E-state index contributed by atoms with van der Waals surface area (Å²) in [5, 5.41) is 10.6. The number of halogens is 6. The summed E-state index contributed by atoms with van der Waals surface area (Å²) in [6.45, 7) is 0. The average Bonchev–Trinajstić information content (AvgIpc) is 2.19. The summed E-state index contributed by atoms with van der Waals surface area (Å²) in [6, 6.07) is 0.882. The smallest absolute Gasteiger partial charge is 0.418 e. The first-order valence-electron chi connectivity index (χ1n) is 4.90. The third-order valence-corrected chi connectivity index (χ3v) is 2.48. The fourth-order valence-corrected chi connectivity index (χ4v) is 1.64. The molecule has 4 N–H and O–H groups in total. The second kappa shape index (κ2) is 4.76. The van der Waals surface area contributed by atoms with Crippen molar-refractivity contribution in [3.05, 3.63) is 23.3 Å². The van der Waals surface area contributed by atoms with Gasteiger partial charge in [0, 0.05) is 11.3 Å². The molecule has 112 valence electrons. The van der Waals surface area contributed by atoms with Crippen molar-refractivity contribution in [1.82, 2.24) is 0 Å². The van der Waals surface area contributed by atoms with Gasteiger partial charge in [0.05, 0.1) is 17.2 Å². The predicted molar refractivity (Wildman–Crippen MR) is 54.1 cm³/mol. The summed E-state index contributed by atoms with van der Waals surface area (Å²) in [5.41, 5.74) is 4.97. The van der Waals surface area contributed by atoms with Crippen LogP contribution in [0.4, 0.5) is 37.7 Å². The molecule has 1 aromatic rings. The maximum Gasteiger partial charge on any atom is 0.418 e. The highest BCUT2D eigenvalue weighted by atomic mass is 19.4. The molecule has 4 nitrogen and oxygen atoms in total. The van der Waals surface area contributed by atoms with Crippen LogP contribution in [0.3, 0.4) is 0 Å². The molecule has 0 aliphatic heterocycles. The Balaban J connectivity index is 3.63. The number of hydrogen-bond acceptors (Lipinski definition) is 4. The second-order valence-corrected chi connectivity index (χ2v) is 3.82. The highest BCUT2D eigenvalue weighted by Gasteiger charge is 2.45. The van der Waals surface area contributed by atoms with E-state index < -0.39 is 46.7 Å². The molecule has 0 saturated heterocycles. The van der Waals surface area contributed by atoms with E-state index in [1.807, 2.05) is 0 Å². The zero-order valence-electron chi connectivity index (χ0n) is 9.47. The average molecular weight is 301 g/mol. The molecule has 1 rings (SSSR count). The Bertz CT molecular complexity index is 538. The highest BCUT2D eigenvalue weighted by molar-refractivity contribution is 5.82. The van der Waals surface area contributed by atoms with Gasteiger partial charge in [-0.05, 0) is 12.1 Å². The first-order chi connectivity index (χ1) is 8.87. The maximum absolute atomic E-state index is 12.6. The number of rotatable bonds is 2. The monoisotopic (exact) mass is 301 g/mol. The molecule has 0 radical (unpaired) electrons. The largest absolute Gasteiger partial charge is 0.549 e. The lowest BCUT2D eigenvalue weighted by molar-refractivity contribution is -0.318. The zero-order valence-corrected chi connectivity index (χ0v) is 9.47. The Morgan fingerprint density at radius 3 is 1.95 bits per heavy atom. The molecule has 1 aromatic carbocycles. The molecular formula is C10H7F6N2O2-. The number of anilines is 2. The van der Waals surface area contributed by atoms with Gasteiger partial charge in [0.25, 0.3) is 0 Å². The quantitative estimate of drug-likeness (QED) is 0.635. The van der Waals surface area contributed by atoms with Crippen LogP contribution in [-0.4, -0.2) is 12.1 Å². The lowest BCUT2D eigenvalue weighted by Gasteiger charge is -2.25. The summed E-state index contributed by atoms with van der Waals surface area (Å²) in [7, 11) is 0. The van der Waals surface area contributed by atoms with Gasteiger partial charge >= 0.3 is 12.4 Å². The Morgan fingerprint density at radius 1 is 1.10 bits per heavy atom. The number of nitrogens with two attached hydrogens (primary N) is 2. The first-order valence-corrected chi connectivity index (χ1v) is 4.90. The first kappa shape index (κ1) is 15.9. The van der Waals surface area contributed by atoms with E-state index in [1.54, 1.807) is 0 Å². The number of carbonyl (C=O) groups is 1. The highest BCUT2D eigenvalue weighted by Crippen LogP contribution is 2.44. The van der Waals surface area contributed by atoms with E-state index in [-0.39, 0.29) is 0 Å². The molecule has 0 aliphatic carbocycles. The van der Waals surface area contributed by atoms with Crippen molar-refractivity contribution in [1.29, 1.82) is 0 Å². The number of benzene rings is 1. The van der Waals surface area contributed by atoms with Crippen molar-refractivity contribution in [3.63, 3.8) is 0 Å². The number of carbonyl (C=O) groups excluding carboxylic acids is 1. The van der Waals surface area contributed by atoms with E-state index in [9.17, 15) is 36.2 Å². The van der Waals surface area contributed by atoms with Gasteiger partial charge in [-0.15, -0.1) is 0 Å². The van der Waals surface area contributed by atoms with Crippen molar-refractivity contribution >= 4 is 17.3 Å². The van der Waals surface area contributed by atoms with Gasteiger partial charge in [-0.1, -0.05) is 0 Å². The van der Waals surface area contributed by atoms with Crippen LogP contribution >= 0.6 is 0 Å². The maximum atomic E-state index is 12.6. The van der Waals surface area contributed by atoms with Crippen molar-refractivity contribution in [3.8, 4) is 0 Å². The van der Waals surface area contributed by atoms with Crippen molar-refractivity contribution in [2.24, 2.45) is 0 Å². The van der Waals surface area contributed by atoms with E-state index in [2.05, 4.69) is 0 Å². The molecule has 0 bridgehead atoms. The van der Waals surface area contributed by atoms with E-state index in [1.165, 1.54) is 0 Å². The fraction of sp³-hybridized carbons (Fsp3) is 0.300. The lowest BCUT2D eigenvalue weighted by atomic mass is 9.92. The van der Waals surface area contributed by atoms with Gasteiger partial charge in [-0.25, -0.2) is 0 Å². The van der Waals surface area contributed by atoms with Crippen molar-refractivity contribution in [2.45, 2.75) is 18.3 Å². The van der Waals surface area contributed by atoms with Crippen LogP contribution in [0.1, 0.15) is 17.0 Å². The standard InChI is InChI=1S/C10H8F6N2O2/c11-9(12,13)3-1-2-4(17)5(7(3)18)6(8(19)20)10(14,15)16/h1-2,6H,17-18H2,(H,19,20)/p-1.